The number of carbonyl (C=O) groups excluding carboxylic acids is 1. The summed E-state index contributed by atoms with van der Waals surface area (Å²) in [5.74, 6) is -0.0997. The minimum Gasteiger partial charge on any atom is -0.497 e. The molecule has 9 nitrogen and oxygen atoms in total. The van der Waals surface area contributed by atoms with E-state index in [2.05, 4.69) is 20.6 Å². The van der Waals surface area contributed by atoms with Crippen LogP contribution in [-0.2, 0) is 0 Å². The van der Waals surface area contributed by atoms with Crippen LogP contribution >= 0.6 is 0 Å². The number of nitrogens with zero attached hydrogens (tertiary/aromatic N) is 3. The van der Waals surface area contributed by atoms with Gasteiger partial charge >= 0.3 is 0 Å². The molecule has 3 aromatic rings. The number of nitrogens with one attached hydrogen (secondary N) is 2. The number of ether oxygens (including phenoxy) is 1. The van der Waals surface area contributed by atoms with Gasteiger partial charge in [0.15, 0.2) is 0 Å². The molecule has 1 aliphatic rings. The third-order valence-electron chi connectivity index (χ3n) is 5.55. The summed E-state index contributed by atoms with van der Waals surface area (Å²) in [5.41, 5.74) is 7.73. The number of rotatable bonds is 4. The van der Waals surface area contributed by atoms with Crippen LogP contribution < -0.4 is 26.7 Å². The molecular formula is C25H32N6O3. The van der Waals surface area contributed by atoms with Gasteiger partial charge in [-0.3, -0.25) is 19.1 Å². The van der Waals surface area contributed by atoms with Gasteiger partial charge in [-0.1, -0.05) is 12.8 Å². The smallest absolute Gasteiger partial charge is 0.272 e. The van der Waals surface area contributed by atoms with Crippen molar-refractivity contribution in [3.05, 3.63) is 70.0 Å². The SMILES string of the molecule is C1CCCNCC1.COc1cc(C)c(-n2cnc(N)c(C(=O)Nc3cccnc3)c2=O)c(C)c1. The van der Waals surface area contributed by atoms with Gasteiger partial charge < -0.3 is 21.1 Å². The van der Waals surface area contributed by atoms with Crippen molar-refractivity contribution in [2.24, 2.45) is 0 Å². The highest BCUT2D eigenvalue weighted by Gasteiger charge is 2.20. The summed E-state index contributed by atoms with van der Waals surface area (Å²) in [5, 5.41) is 5.96. The standard InChI is InChI=1S/C19H19N5O3.C6H13N/c1-11-7-14(27-3)8-12(2)16(11)24-10-22-17(20)15(19(24)26)18(25)23-13-5-4-6-21-9-13;1-2-4-6-7-5-3-1/h4-10H,20H2,1-3H3,(H,23,25);7H,1-6H2. The summed E-state index contributed by atoms with van der Waals surface area (Å²) in [7, 11) is 1.58. The maximum absolute atomic E-state index is 13.0. The molecule has 1 fully saturated rings. The fraction of sp³-hybridized carbons (Fsp3) is 0.360. The highest BCUT2D eigenvalue weighted by molar-refractivity contribution is 6.06. The Balaban J connectivity index is 0.000000396. The van der Waals surface area contributed by atoms with E-state index in [0.29, 0.717) is 17.1 Å². The van der Waals surface area contributed by atoms with Crippen molar-refractivity contribution in [2.75, 3.05) is 31.2 Å². The summed E-state index contributed by atoms with van der Waals surface area (Å²) in [4.78, 5) is 33.6. The number of anilines is 2. The van der Waals surface area contributed by atoms with Gasteiger partial charge in [0.2, 0.25) is 0 Å². The van der Waals surface area contributed by atoms with Crippen LogP contribution in [0, 0.1) is 13.8 Å². The molecule has 0 radical (unpaired) electrons. The largest absolute Gasteiger partial charge is 0.497 e. The maximum atomic E-state index is 13.0. The fourth-order valence-electron chi connectivity index (χ4n) is 3.86. The molecule has 1 aromatic carbocycles. The van der Waals surface area contributed by atoms with Crippen molar-refractivity contribution in [1.82, 2.24) is 19.9 Å². The number of pyridine rings is 1. The fourth-order valence-corrected chi connectivity index (χ4v) is 3.86. The third kappa shape index (κ3) is 6.20. The second kappa shape index (κ2) is 11.9. The average molecular weight is 465 g/mol. The van der Waals surface area contributed by atoms with E-state index in [1.54, 1.807) is 37.6 Å². The van der Waals surface area contributed by atoms with Crippen LogP contribution in [0.25, 0.3) is 5.69 Å². The molecule has 1 saturated heterocycles. The Bertz CT molecular complexity index is 1130. The van der Waals surface area contributed by atoms with Crippen LogP contribution in [0.15, 0.2) is 47.8 Å². The van der Waals surface area contributed by atoms with Crippen molar-refractivity contribution in [2.45, 2.75) is 39.5 Å². The number of hydrogen-bond acceptors (Lipinski definition) is 7. The third-order valence-corrected chi connectivity index (χ3v) is 5.55. The van der Waals surface area contributed by atoms with Gasteiger partial charge in [0.05, 0.1) is 24.7 Å². The van der Waals surface area contributed by atoms with Gasteiger partial charge in [-0.15, -0.1) is 0 Å². The van der Waals surface area contributed by atoms with E-state index in [0.717, 1.165) is 11.1 Å². The van der Waals surface area contributed by atoms with Gasteiger partial charge in [-0.05, 0) is 75.2 Å². The van der Waals surface area contributed by atoms with Gasteiger partial charge in [0.1, 0.15) is 23.5 Å². The zero-order valence-electron chi connectivity index (χ0n) is 19.9. The molecule has 34 heavy (non-hydrogen) atoms. The molecule has 4 rings (SSSR count). The first-order chi connectivity index (χ1) is 16.4. The van der Waals surface area contributed by atoms with Crippen molar-refractivity contribution in [3.8, 4) is 11.4 Å². The number of amides is 1. The van der Waals surface area contributed by atoms with Crippen molar-refractivity contribution in [1.29, 1.82) is 0 Å². The molecule has 4 N–H and O–H groups in total. The molecule has 0 spiro atoms. The lowest BCUT2D eigenvalue weighted by Gasteiger charge is -2.15. The molecule has 180 valence electrons. The zero-order chi connectivity index (χ0) is 24.5. The Morgan fingerprint density at radius 3 is 2.41 bits per heavy atom. The second-order valence-electron chi connectivity index (χ2n) is 8.15. The number of aromatic nitrogens is 3. The zero-order valence-corrected chi connectivity index (χ0v) is 19.9. The van der Waals surface area contributed by atoms with Gasteiger partial charge in [0.25, 0.3) is 11.5 Å². The summed E-state index contributed by atoms with van der Waals surface area (Å²) in [6, 6.07) is 6.94. The Kier molecular flexibility index (Phi) is 8.75. The molecule has 2 aromatic heterocycles. The van der Waals surface area contributed by atoms with E-state index in [-0.39, 0.29) is 11.4 Å². The Morgan fingerprint density at radius 1 is 1.15 bits per heavy atom. The summed E-state index contributed by atoms with van der Waals surface area (Å²) in [6.45, 7) is 6.20. The number of aryl methyl sites for hydroxylation is 2. The first kappa shape index (κ1) is 24.9. The minimum atomic E-state index is -0.642. The van der Waals surface area contributed by atoms with Crippen molar-refractivity contribution in [3.63, 3.8) is 0 Å². The number of methoxy groups -OCH3 is 1. The highest BCUT2D eigenvalue weighted by Crippen LogP contribution is 2.24. The Hall–Kier alpha value is -3.72. The topological polar surface area (TPSA) is 124 Å². The Labute approximate surface area is 199 Å². The highest BCUT2D eigenvalue weighted by atomic mass is 16.5. The first-order valence-electron chi connectivity index (χ1n) is 11.4. The van der Waals surface area contributed by atoms with E-state index >= 15 is 0 Å². The van der Waals surface area contributed by atoms with E-state index in [9.17, 15) is 9.59 Å². The first-order valence-corrected chi connectivity index (χ1v) is 11.4. The number of benzene rings is 1. The number of carbonyl (C=O) groups is 1. The molecular weight excluding hydrogens is 432 g/mol. The normalized spacial score (nSPS) is 13.3. The summed E-state index contributed by atoms with van der Waals surface area (Å²) in [6.07, 6.45) is 10.0. The summed E-state index contributed by atoms with van der Waals surface area (Å²) < 4.78 is 6.57. The van der Waals surface area contributed by atoms with E-state index in [1.165, 1.54) is 55.9 Å². The van der Waals surface area contributed by atoms with Gasteiger partial charge in [-0.2, -0.15) is 0 Å². The number of nitrogen functional groups attached to an aromatic ring is 1. The van der Waals surface area contributed by atoms with E-state index in [4.69, 9.17) is 10.5 Å². The molecule has 1 aliphatic heterocycles. The Morgan fingerprint density at radius 2 is 1.82 bits per heavy atom. The lowest BCUT2D eigenvalue weighted by atomic mass is 10.1. The van der Waals surface area contributed by atoms with Crippen molar-refractivity contribution >= 4 is 17.4 Å². The monoisotopic (exact) mass is 464 g/mol. The van der Waals surface area contributed by atoms with Crippen molar-refractivity contribution < 1.29 is 9.53 Å². The average Bonchev–Trinajstić information content (AvgIpc) is 3.14. The van der Waals surface area contributed by atoms with E-state index in [1.807, 2.05) is 13.8 Å². The molecule has 0 atom stereocenters. The molecule has 1 amide bonds. The second-order valence-corrected chi connectivity index (χ2v) is 8.15. The predicted octanol–water partition coefficient (Wildman–Crippen LogP) is 3.24. The van der Waals surface area contributed by atoms with Gasteiger partial charge in [-0.25, -0.2) is 4.98 Å². The maximum Gasteiger partial charge on any atom is 0.272 e. The van der Waals surface area contributed by atoms with Crippen LogP contribution in [0.2, 0.25) is 0 Å². The van der Waals surface area contributed by atoms with Crippen LogP contribution in [0.5, 0.6) is 5.75 Å². The molecule has 3 heterocycles. The molecule has 0 aliphatic carbocycles. The molecule has 9 heteroatoms. The summed E-state index contributed by atoms with van der Waals surface area (Å²) >= 11 is 0. The van der Waals surface area contributed by atoms with Crippen LogP contribution in [0.3, 0.4) is 0 Å². The van der Waals surface area contributed by atoms with Gasteiger partial charge in [0, 0.05) is 6.20 Å². The lowest BCUT2D eigenvalue weighted by Crippen LogP contribution is -2.31. The number of hydrogen-bond donors (Lipinski definition) is 3. The molecule has 0 saturated carbocycles. The van der Waals surface area contributed by atoms with Crippen LogP contribution in [0.1, 0.15) is 47.2 Å². The quantitative estimate of drug-likeness (QED) is 0.541. The number of nitrogens with two attached hydrogens (primary N) is 1. The molecule has 0 unspecified atom stereocenters. The van der Waals surface area contributed by atoms with E-state index < -0.39 is 11.5 Å². The lowest BCUT2D eigenvalue weighted by molar-refractivity contribution is 0.102. The minimum absolute atomic E-state index is 0.138. The van der Waals surface area contributed by atoms with Crippen LogP contribution in [0.4, 0.5) is 11.5 Å². The van der Waals surface area contributed by atoms with Crippen LogP contribution in [-0.4, -0.2) is 40.6 Å². The predicted molar refractivity (Wildman–Crippen MR) is 134 cm³/mol. The molecule has 0 bridgehead atoms.